The summed E-state index contributed by atoms with van der Waals surface area (Å²) in [7, 11) is 0. The number of para-hydroxylation sites is 2. The maximum Gasteiger partial charge on any atom is 0.0619 e. The molecule has 1 aliphatic carbocycles. The number of allylic oxidation sites excluding steroid dienone is 7. The molecule has 0 N–H and O–H groups in total. The molecular formula is C57H49N. The number of hydrogen-bond donors (Lipinski definition) is 0. The van der Waals surface area contributed by atoms with Crippen LogP contribution in [-0.2, 0) is 6.42 Å². The number of hydrogen-bond acceptors (Lipinski definition) is 0. The molecule has 0 aliphatic heterocycles. The van der Waals surface area contributed by atoms with Crippen LogP contribution >= 0.6 is 0 Å². The summed E-state index contributed by atoms with van der Waals surface area (Å²) < 4.78 is 2.41. The van der Waals surface area contributed by atoms with E-state index in [1.807, 2.05) is 0 Å². The lowest BCUT2D eigenvalue weighted by Crippen LogP contribution is -2.01. The van der Waals surface area contributed by atoms with Gasteiger partial charge in [0.05, 0.1) is 11.0 Å². The van der Waals surface area contributed by atoms with Crippen LogP contribution < -0.4 is 0 Å². The molecule has 0 bridgehead atoms. The molecule has 1 heterocycles. The highest BCUT2D eigenvalue weighted by atomic mass is 15.0. The second-order valence-corrected chi connectivity index (χ2v) is 15.9. The van der Waals surface area contributed by atoms with Gasteiger partial charge < -0.3 is 4.57 Å². The highest BCUT2D eigenvalue weighted by molar-refractivity contribution is 6.23. The summed E-state index contributed by atoms with van der Waals surface area (Å²) in [5, 5.41) is 10.2. The van der Waals surface area contributed by atoms with Crippen LogP contribution in [0.25, 0.3) is 76.5 Å². The lowest BCUT2D eigenvalue weighted by atomic mass is 9.87. The van der Waals surface area contributed by atoms with Gasteiger partial charge in [-0.05, 0) is 104 Å². The highest BCUT2D eigenvalue weighted by Crippen LogP contribution is 2.41. The van der Waals surface area contributed by atoms with Crippen LogP contribution in [0.4, 0.5) is 0 Å². The van der Waals surface area contributed by atoms with E-state index in [0.29, 0.717) is 0 Å². The molecule has 0 amide bonds. The summed E-state index contributed by atoms with van der Waals surface area (Å²) >= 11 is 0. The van der Waals surface area contributed by atoms with Gasteiger partial charge in [-0.1, -0.05) is 202 Å². The van der Waals surface area contributed by atoms with Gasteiger partial charge in [0.2, 0.25) is 0 Å². The van der Waals surface area contributed by atoms with Gasteiger partial charge in [-0.3, -0.25) is 0 Å². The van der Waals surface area contributed by atoms with Crippen LogP contribution in [0, 0.1) is 11.8 Å². The van der Waals surface area contributed by atoms with Crippen molar-refractivity contribution in [2.45, 2.75) is 33.1 Å². The zero-order chi connectivity index (χ0) is 39.4. The molecule has 1 atom stereocenters. The SMILES string of the molecule is C=C(/C=C\Cc1c2ccccc2c(-c2ccccc2)c2ccccc12)c1cccc2c3c4ccccc4ccc3n(-c3ccccc3)c12.CC(C)CC1C=CC=CC1. The quantitative estimate of drug-likeness (QED) is 0.108. The minimum absolute atomic E-state index is 0.803. The van der Waals surface area contributed by atoms with Gasteiger partial charge in [0.15, 0.2) is 0 Å². The van der Waals surface area contributed by atoms with Gasteiger partial charge in [0, 0.05) is 22.0 Å². The van der Waals surface area contributed by atoms with E-state index in [9.17, 15) is 0 Å². The molecule has 8 aromatic carbocycles. The molecule has 58 heavy (non-hydrogen) atoms. The normalized spacial score (nSPS) is 13.9. The van der Waals surface area contributed by atoms with Crippen LogP contribution in [0.15, 0.2) is 207 Å². The zero-order valence-corrected chi connectivity index (χ0v) is 33.5. The van der Waals surface area contributed by atoms with Crippen molar-refractivity contribution in [3.8, 4) is 16.8 Å². The van der Waals surface area contributed by atoms with Gasteiger partial charge in [0.25, 0.3) is 0 Å². The van der Waals surface area contributed by atoms with Crippen molar-refractivity contribution in [1.82, 2.24) is 4.57 Å². The molecule has 0 fully saturated rings. The van der Waals surface area contributed by atoms with E-state index in [-0.39, 0.29) is 0 Å². The Kier molecular flexibility index (Phi) is 10.4. The summed E-state index contributed by atoms with van der Waals surface area (Å²) in [6.07, 6.45) is 16.8. The van der Waals surface area contributed by atoms with Crippen LogP contribution in [0.2, 0.25) is 0 Å². The maximum absolute atomic E-state index is 4.65. The minimum atomic E-state index is 0.803. The Morgan fingerprint density at radius 2 is 1.26 bits per heavy atom. The first-order valence-electron chi connectivity index (χ1n) is 20.7. The largest absolute Gasteiger partial charge is 0.309 e. The molecule has 0 spiro atoms. The first kappa shape index (κ1) is 36.9. The average Bonchev–Trinajstić information content (AvgIpc) is 3.62. The Hall–Kier alpha value is -6.70. The third kappa shape index (κ3) is 7.10. The van der Waals surface area contributed by atoms with Crippen molar-refractivity contribution in [3.63, 3.8) is 0 Å². The van der Waals surface area contributed by atoms with Crippen molar-refractivity contribution < 1.29 is 0 Å². The molecular weight excluding hydrogens is 699 g/mol. The molecule has 0 saturated heterocycles. The van der Waals surface area contributed by atoms with E-state index in [1.165, 1.54) is 83.7 Å². The predicted octanol–water partition coefficient (Wildman–Crippen LogP) is 15.9. The third-order valence-electron chi connectivity index (χ3n) is 11.6. The molecule has 282 valence electrons. The standard InChI is InChI=1S/C47H33N.C10H16/c1-32(16-14-28-38-39-23-10-12-25-41(39)45(34-18-4-2-5-19-34)42-26-13-11-24-40(38)42)36-27-15-29-43-46-37-22-9-8-17-33(37)30-31-44(46)48(47(36)43)35-20-6-3-7-21-35;1-9(2)8-10-6-4-3-5-7-10/h2-27,29-31H,1,28H2;3-6,9-10H,7-8H2,1-2H3/b16-14-;. The molecule has 1 unspecified atom stereocenters. The number of nitrogens with zero attached hydrogens (tertiary/aromatic N) is 1. The van der Waals surface area contributed by atoms with Crippen molar-refractivity contribution in [3.05, 3.63) is 218 Å². The summed E-state index contributed by atoms with van der Waals surface area (Å²) in [6.45, 7) is 9.22. The minimum Gasteiger partial charge on any atom is -0.309 e. The second kappa shape index (κ2) is 16.4. The van der Waals surface area contributed by atoms with Crippen LogP contribution in [0.1, 0.15) is 37.8 Å². The number of rotatable bonds is 8. The average molecular weight is 748 g/mol. The van der Waals surface area contributed by atoms with Gasteiger partial charge in [0.1, 0.15) is 0 Å². The Morgan fingerprint density at radius 3 is 1.93 bits per heavy atom. The third-order valence-corrected chi connectivity index (χ3v) is 11.6. The Balaban J connectivity index is 0.000000383. The first-order valence-corrected chi connectivity index (χ1v) is 20.7. The van der Waals surface area contributed by atoms with E-state index in [1.54, 1.807) is 0 Å². The second-order valence-electron chi connectivity index (χ2n) is 15.9. The van der Waals surface area contributed by atoms with E-state index in [2.05, 4.69) is 225 Å². The van der Waals surface area contributed by atoms with Crippen LogP contribution in [0.3, 0.4) is 0 Å². The Labute approximate surface area is 342 Å². The summed E-state index contributed by atoms with van der Waals surface area (Å²) in [5.41, 5.74) is 9.56. The molecule has 1 aromatic heterocycles. The van der Waals surface area contributed by atoms with E-state index in [4.69, 9.17) is 0 Å². The molecule has 10 rings (SSSR count). The zero-order valence-electron chi connectivity index (χ0n) is 33.5. The Morgan fingerprint density at radius 1 is 0.638 bits per heavy atom. The highest BCUT2D eigenvalue weighted by Gasteiger charge is 2.19. The van der Waals surface area contributed by atoms with E-state index >= 15 is 0 Å². The number of benzene rings is 8. The van der Waals surface area contributed by atoms with Gasteiger partial charge in [-0.25, -0.2) is 0 Å². The molecule has 9 aromatic rings. The fourth-order valence-electron chi connectivity index (χ4n) is 9.12. The molecule has 1 nitrogen and oxygen atoms in total. The molecule has 1 aliphatic rings. The molecule has 0 saturated carbocycles. The van der Waals surface area contributed by atoms with Crippen LogP contribution in [0.5, 0.6) is 0 Å². The van der Waals surface area contributed by atoms with Crippen molar-refractivity contribution >= 4 is 59.7 Å². The summed E-state index contributed by atoms with van der Waals surface area (Å²) in [6, 6.07) is 59.0. The first-order chi connectivity index (χ1) is 28.6. The summed E-state index contributed by atoms with van der Waals surface area (Å²) in [5.74, 6) is 1.64. The van der Waals surface area contributed by atoms with Gasteiger partial charge in [-0.2, -0.15) is 0 Å². The number of aromatic nitrogens is 1. The lowest BCUT2D eigenvalue weighted by Gasteiger charge is -2.16. The lowest BCUT2D eigenvalue weighted by molar-refractivity contribution is 0.476. The Bertz CT molecular complexity index is 2950. The molecule has 1 heteroatoms. The van der Waals surface area contributed by atoms with Crippen LogP contribution in [-0.4, -0.2) is 4.57 Å². The van der Waals surface area contributed by atoms with Gasteiger partial charge in [-0.15, -0.1) is 0 Å². The molecule has 0 radical (unpaired) electrons. The van der Waals surface area contributed by atoms with Gasteiger partial charge >= 0.3 is 0 Å². The van der Waals surface area contributed by atoms with Crippen molar-refractivity contribution in [1.29, 1.82) is 0 Å². The van der Waals surface area contributed by atoms with Crippen molar-refractivity contribution in [2.24, 2.45) is 11.8 Å². The smallest absolute Gasteiger partial charge is 0.0619 e. The predicted molar refractivity (Wildman–Crippen MR) is 253 cm³/mol. The van der Waals surface area contributed by atoms with E-state index in [0.717, 1.165) is 35.1 Å². The topological polar surface area (TPSA) is 4.93 Å². The fraction of sp³-hybridized carbons (Fsp3) is 0.123. The van der Waals surface area contributed by atoms with Crippen molar-refractivity contribution in [2.75, 3.05) is 0 Å². The fourth-order valence-corrected chi connectivity index (χ4v) is 9.12. The summed E-state index contributed by atoms with van der Waals surface area (Å²) in [4.78, 5) is 0. The monoisotopic (exact) mass is 747 g/mol. The number of fused-ring (bicyclic) bond motifs is 7. The van der Waals surface area contributed by atoms with E-state index < -0.39 is 0 Å². The maximum atomic E-state index is 4.65.